The van der Waals surface area contributed by atoms with Crippen molar-refractivity contribution >= 4 is 17.1 Å². The molecule has 0 aliphatic carbocycles. The van der Waals surface area contributed by atoms with Crippen LogP contribution in [-0.2, 0) is 6.18 Å². The van der Waals surface area contributed by atoms with E-state index in [1.807, 2.05) is 0 Å². The van der Waals surface area contributed by atoms with Crippen molar-refractivity contribution in [3.05, 3.63) is 62.2 Å². The van der Waals surface area contributed by atoms with Crippen LogP contribution in [0.1, 0.15) is 25.8 Å². The van der Waals surface area contributed by atoms with Gasteiger partial charge in [-0.25, -0.2) is 0 Å². The zero-order valence-corrected chi connectivity index (χ0v) is 14.8. The maximum absolute atomic E-state index is 13.6. The lowest BCUT2D eigenvalue weighted by atomic mass is 10.1. The van der Waals surface area contributed by atoms with E-state index in [0.717, 1.165) is 0 Å². The van der Waals surface area contributed by atoms with Gasteiger partial charge in [-0.2, -0.15) is 13.2 Å². The third-order valence-corrected chi connectivity index (χ3v) is 3.88. The Balaban J connectivity index is 2.86. The van der Waals surface area contributed by atoms with Crippen LogP contribution >= 0.6 is 0 Å². The van der Waals surface area contributed by atoms with Crippen molar-refractivity contribution in [2.75, 3.05) is 5.32 Å². The first-order valence-electron chi connectivity index (χ1n) is 8.12. The van der Waals surface area contributed by atoms with Gasteiger partial charge in [0.05, 0.1) is 9.85 Å². The molecule has 0 amide bonds. The predicted octanol–water partition coefficient (Wildman–Crippen LogP) is 5.52. The van der Waals surface area contributed by atoms with Gasteiger partial charge in [0.25, 0.3) is 5.69 Å². The van der Waals surface area contributed by atoms with Gasteiger partial charge in [-0.3, -0.25) is 20.2 Å². The molecule has 0 fully saturated rings. The first-order chi connectivity index (χ1) is 13.1. The fourth-order valence-electron chi connectivity index (χ4n) is 2.37. The van der Waals surface area contributed by atoms with E-state index < -0.39 is 50.4 Å². The molecule has 2 aromatic rings. The number of benzene rings is 2. The Morgan fingerprint density at radius 1 is 1.14 bits per heavy atom. The zero-order chi connectivity index (χ0) is 21.1. The highest BCUT2D eigenvalue weighted by Gasteiger charge is 2.44. The summed E-state index contributed by atoms with van der Waals surface area (Å²) >= 11 is 0. The van der Waals surface area contributed by atoms with E-state index in [0.29, 0.717) is 6.42 Å². The van der Waals surface area contributed by atoms with Crippen LogP contribution in [0.5, 0.6) is 11.5 Å². The summed E-state index contributed by atoms with van der Waals surface area (Å²) < 4.78 is 45.9. The normalized spacial score (nSPS) is 12.3. The number of hydrogen-bond donors (Lipinski definition) is 1. The minimum Gasteiger partial charge on any atom is -0.449 e. The van der Waals surface area contributed by atoms with Crippen LogP contribution in [-0.4, -0.2) is 15.9 Å². The average Bonchev–Trinajstić information content (AvgIpc) is 2.60. The topological polar surface area (TPSA) is 108 Å². The monoisotopic (exact) mass is 399 g/mol. The lowest BCUT2D eigenvalue weighted by Crippen LogP contribution is -2.18. The van der Waals surface area contributed by atoms with Crippen LogP contribution in [0, 0.1) is 20.2 Å². The second kappa shape index (κ2) is 8.11. The molecule has 11 heteroatoms. The Hall–Kier alpha value is -3.37. The highest BCUT2D eigenvalue weighted by Crippen LogP contribution is 2.51. The molecule has 0 spiro atoms. The van der Waals surface area contributed by atoms with E-state index in [9.17, 15) is 33.4 Å². The molecule has 0 aromatic heterocycles. The molecule has 1 atom stereocenters. The third-order valence-electron chi connectivity index (χ3n) is 3.88. The fraction of sp³-hybridized carbons (Fsp3) is 0.294. The molecule has 28 heavy (non-hydrogen) atoms. The highest BCUT2D eigenvalue weighted by atomic mass is 19.4. The molecule has 8 nitrogen and oxygen atoms in total. The van der Waals surface area contributed by atoms with Crippen molar-refractivity contribution < 1.29 is 27.8 Å². The van der Waals surface area contributed by atoms with Gasteiger partial charge in [0.2, 0.25) is 5.75 Å². The van der Waals surface area contributed by atoms with Crippen LogP contribution in [0.25, 0.3) is 0 Å². The predicted molar refractivity (Wildman–Crippen MR) is 94.6 cm³/mol. The van der Waals surface area contributed by atoms with E-state index >= 15 is 0 Å². The first-order valence-corrected chi connectivity index (χ1v) is 8.12. The molecule has 0 heterocycles. The number of anilines is 1. The van der Waals surface area contributed by atoms with Gasteiger partial charge >= 0.3 is 11.9 Å². The molecule has 0 aliphatic rings. The quantitative estimate of drug-likeness (QED) is 0.485. The Morgan fingerprint density at radius 2 is 1.75 bits per heavy atom. The Morgan fingerprint density at radius 3 is 2.21 bits per heavy atom. The van der Waals surface area contributed by atoms with Crippen molar-refractivity contribution in [1.82, 2.24) is 0 Å². The van der Waals surface area contributed by atoms with Gasteiger partial charge in [0, 0.05) is 12.1 Å². The zero-order valence-electron chi connectivity index (χ0n) is 14.8. The lowest BCUT2D eigenvalue weighted by molar-refractivity contribution is -0.393. The lowest BCUT2D eigenvalue weighted by Gasteiger charge is -2.18. The summed E-state index contributed by atoms with van der Waals surface area (Å²) in [5, 5.41) is 25.6. The summed E-state index contributed by atoms with van der Waals surface area (Å²) in [6.45, 7) is 3.30. The third kappa shape index (κ3) is 4.48. The molecule has 2 aromatic carbocycles. The Labute approximate surface area is 157 Å². The number of para-hydroxylation sites is 1. The molecule has 0 aliphatic heterocycles. The SMILES string of the molecule is CCC(C)Nc1c([N+](=O)[O-])cc(C(F)(F)F)c(Oc2ccccc2)c1[N+](=O)[O-]. The van der Waals surface area contributed by atoms with Crippen LogP contribution < -0.4 is 10.1 Å². The molecule has 0 saturated carbocycles. The van der Waals surface area contributed by atoms with Crippen LogP contribution in [0.15, 0.2) is 36.4 Å². The summed E-state index contributed by atoms with van der Waals surface area (Å²) in [7, 11) is 0. The summed E-state index contributed by atoms with van der Waals surface area (Å²) in [5.41, 5.74) is -4.45. The summed E-state index contributed by atoms with van der Waals surface area (Å²) in [6.07, 6.45) is -4.70. The maximum atomic E-state index is 13.6. The number of alkyl halides is 3. The van der Waals surface area contributed by atoms with Gasteiger partial charge in [0.1, 0.15) is 11.3 Å². The van der Waals surface area contributed by atoms with Crippen molar-refractivity contribution in [3.63, 3.8) is 0 Å². The van der Waals surface area contributed by atoms with E-state index in [4.69, 9.17) is 4.74 Å². The molecular formula is C17H16F3N3O5. The van der Waals surface area contributed by atoms with Crippen LogP contribution in [0.2, 0.25) is 0 Å². The summed E-state index contributed by atoms with van der Waals surface area (Å²) in [6, 6.07) is 6.92. The minimum atomic E-state index is -5.12. The summed E-state index contributed by atoms with van der Waals surface area (Å²) in [5.74, 6) is -1.19. The van der Waals surface area contributed by atoms with Crippen LogP contribution in [0.4, 0.5) is 30.2 Å². The fourth-order valence-corrected chi connectivity index (χ4v) is 2.37. The number of hydrogen-bond acceptors (Lipinski definition) is 6. The molecular weight excluding hydrogens is 383 g/mol. The minimum absolute atomic E-state index is 0.0838. The van der Waals surface area contributed by atoms with Crippen molar-refractivity contribution in [2.24, 2.45) is 0 Å². The standard InChI is InChI=1S/C17H16F3N3O5/c1-3-10(2)21-14-13(22(24)25)9-12(17(18,19)20)16(15(14)23(26)27)28-11-7-5-4-6-8-11/h4-10,21H,3H2,1-2H3. The number of rotatable bonds is 7. The maximum Gasteiger partial charge on any atom is 0.420 e. The van der Waals surface area contributed by atoms with Gasteiger partial charge in [0.15, 0.2) is 5.69 Å². The highest BCUT2D eigenvalue weighted by molar-refractivity contribution is 5.81. The largest absolute Gasteiger partial charge is 0.449 e. The molecule has 0 radical (unpaired) electrons. The van der Waals surface area contributed by atoms with E-state index in [1.54, 1.807) is 19.9 Å². The Kier molecular flexibility index (Phi) is 6.06. The summed E-state index contributed by atoms with van der Waals surface area (Å²) in [4.78, 5) is 20.8. The number of nitro benzene ring substituents is 2. The van der Waals surface area contributed by atoms with E-state index in [1.165, 1.54) is 24.3 Å². The van der Waals surface area contributed by atoms with Gasteiger partial charge < -0.3 is 10.1 Å². The van der Waals surface area contributed by atoms with Crippen molar-refractivity contribution in [3.8, 4) is 11.5 Å². The number of nitro groups is 2. The van der Waals surface area contributed by atoms with Gasteiger partial charge in [-0.15, -0.1) is 0 Å². The first kappa shape index (κ1) is 20.9. The molecule has 0 saturated heterocycles. The van der Waals surface area contributed by atoms with Crippen molar-refractivity contribution in [2.45, 2.75) is 32.5 Å². The second-order valence-corrected chi connectivity index (χ2v) is 5.88. The molecule has 150 valence electrons. The van der Waals surface area contributed by atoms with Crippen molar-refractivity contribution in [1.29, 1.82) is 0 Å². The number of ether oxygens (including phenoxy) is 1. The van der Waals surface area contributed by atoms with Crippen LogP contribution in [0.3, 0.4) is 0 Å². The van der Waals surface area contributed by atoms with Gasteiger partial charge in [-0.1, -0.05) is 25.1 Å². The average molecular weight is 399 g/mol. The molecule has 1 N–H and O–H groups in total. The molecule has 1 unspecified atom stereocenters. The smallest absolute Gasteiger partial charge is 0.420 e. The van der Waals surface area contributed by atoms with E-state index in [-0.39, 0.29) is 11.8 Å². The van der Waals surface area contributed by atoms with E-state index in [2.05, 4.69) is 5.32 Å². The molecule has 0 bridgehead atoms. The number of nitrogens with zero attached hydrogens (tertiary/aromatic N) is 2. The molecule has 2 rings (SSSR count). The number of nitrogens with one attached hydrogen (secondary N) is 1. The van der Waals surface area contributed by atoms with Gasteiger partial charge in [-0.05, 0) is 25.5 Å². The number of halogens is 3. The second-order valence-electron chi connectivity index (χ2n) is 5.88. The Bertz CT molecular complexity index is 888.